The number of anilines is 2. The van der Waals surface area contributed by atoms with Crippen molar-refractivity contribution in [3.05, 3.63) is 47.3 Å². The molecule has 132 valence electrons. The number of rotatable bonds is 3. The smallest absolute Gasteiger partial charge is 0.227 e. The Morgan fingerprint density at radius 3 is 2.40 bits per heavy atom. The highest BCUT2D eigenvalue weighted by Crippen LogP contribution is 2.23. The Hall–Kier alpha value is -2.57. The minimum Gasteiger partial charge on any atom is -0.341 e. The van der Waals surface area contributed by atoms with E-state index in [1.54, 1.807) is 0 Å². The van der Waals surface area contributed by atoms with Crippen LogP contribution in [-0.2, 0) is 4.79 Å². The summed E-state index contributed by atoms with van der Waals surface area (Å²) in [7, 11) is 0. The maximum Gasteiger partial charge on any atom is 0.227 e. The quantitative estimate of drug-likeness (QED) is 0.927. The number of benzene rings is 1. The second-order valence-corrected chi connectivity index (χ2v) is 6.33. The Bertz CT molecular complexity index is 768. The first kappa shape index (κ1) is 17.3. The summed E-state index contributed by atoms with van der Waals surface area (Å²) in [6, 6.07) is 4.93. The Morgan fingerprint density at radius 1 is 1.12 bits per heavy atom. The summed E-state index contributed by atoms with van der Waals surface area (Å²) in [5.41, 5.74) is 1.69. The Kier molecular flexibility index (Phi) is 4.92. The average molecular weight is 346 g/mol. The largest absolute Gasteiger partial charge is 0.341 e. The molecule has 0 unspecified atom stereocenters. The van der Waals surface area contributed by atoms with Gasteiger partial charge in [0.1, 0.15) is 11.6 Å². The highest BCUT2D eigenvalue weighted by atomic mass is 19.1. The van der Waals surface area contributed by atoms with Crippen molar-refractivity contribution in [2.45, 2.75) is 26.7 Å². The van der Waals surface area contributed by atoms with Gasteiger partial charge in [-0.25, -0.2) is 18.7 Å². The molecule has 1 saturated heterocycles. The van der Waals surface area contributed by atoms with Crippen LogP contribution in [0, 0.1) is 31.4 Å². The molecule has 25 heavy (non-hydrogen) atoms. The fourth-order valence-electron chi connectivity index (χ4n) is 3.02. The number of hydrogen-bond donors (Lipinski definition) is 1. The van der Waals surface area contributed by atoms with Gasteiger partial charge in [-0.1, -0.05) is 0 Å². The Morgan fingerprint density at radius 2 is 1.76 bits per heavy atom. The number of aryl methyl sites for hydroxylation is 2. The van der Waals surface area contributed by atoms with E-state index in [2.05, 4.69) is 15.3 Å². The van der Waals surface area contributed by atoms with Gasteiger partial charge in [0.15, 0.2) is 0 Å². The maximum atomic E-state index is 13.7. The van der Waals surface area contributed by atoms with Gasteiger partial charge >= 0.3 is 0 Å². The lowest BCUT2D eigenvalue weighted by Gasteiger charge is -2.31. The van der Waals surface area contributed by atoms with E-state index in [-0.39, 0.29) is 17.5 Å². The molecule has 3 rings (SSSR count). The molecule has 1 aromatic carbocycles. The third-order valence-corrected chi connectivity index (χ3v) is 4.31. The first-order valence-corrected chi connectivity index (χ1v) is 8.25. The number of nitrogens with zero attached hydrogens (tertiary/aromatic N) is 3. The van der Waals surface area contributed by atoms with E-state index in [9.17, 15) is 13.6 Å². The van der Waals surface area contributed by atoms with E-state index < -0.39 is 11.6 Å². The predicted octanol–water partition coefficient (Wildman–Crippen LogP) is 3.23. The predicted molar refractivity (Wildman–Crippen MR) is 91.4 cm³/mol. The number of hydrogen-bond acceptors (Lipinski definition) is 4. The van der Waals surface area contributed by atoms with Gasteiger partial charge in [-0.15, -0.1) is 0 Å². The number of nitrogens with one attached hydrogen (secondary N) is 1. The van der Waals surface area contributed by atoms with Gasteiger partial charge in [0.2, 0.25) is 11.9 Å². The molecule has 1 aromatic heterocycles. The van der Waals surface area contributed by atoms with Crippen LogP contribution in [0.1, 0.15) is 24.2 Å². The molecule has 0 spiro atoms. The Labute approximate surface area is 145 Å². The van der Waals surface area contributed by atoms with E-state index in [1.807, 2.05) is 24.8 Å². The number of halogens is 2. The lowest BCUT2D eigenvalue weighted by molar-refractivity contribution is -0.120. The fraction of sp³-hybridized carbons (Fsp3) is 0.389. The summed E-state index contributed by atoms with van der Waals surface area (Å²) in [5, 5.41) is 2.49. The molecule has 0 bridgehead atoms. The average Bonchev–Trinajstić information content (AvgIpc) is 2.57. The number of amides is 1. The molecular weight excluding hydrogens is 326 g/mol. The van der Waals surface area contributed by atoms with Crippen molar-refractivity contribution < 1.29 is 13.6 Å². The van der Waals surface area contributed by atoms with Gasteiger partial charge < -0.3 is 10.2 Å². The van der Waals surface area contributed by atoms with Crippen molar-refractivity contribution in [1.29, 1.82) is 0 Å². The van der Waals surface area contributed by atoms with Gasteiger partial charge in [-0.2, -0.15) is 0 Å². The van der Waals surface area contributed by atoms with Crippen LogP contribution < -0.4 is 10.2 Å². The lowest BCUT2D eigenvalue weighted by atomic mass is 9.96. The molecule has 0 saturated carbocycles. The molecular formula is C18H20F2N4O. The van der Waals surface area contributed by atoms with Crippen LogP contribution in [0.25, 0.3) is 0 Å². The molecule has 0 atom stereocenters. The number of piperidine rings is 1. The molecule has 1 aliphatic rings. The number of carbonyl (C=O) groups excluding carboxylic acids is 1. The standard InChI is InChI=1S/C18H20F2N4O/c1-11-9-12(2)22-18(21-11)24-7-5-13(6-8-24)17(25)23-16-10-14(19)3-4-15(16)20/h3-4,9-10,13H,5-8H2,1-2H3,(H,23,25). The number of carbonyl (C=O) groups is 1. The van der Waals surface area contributed by atoms with Crippen LogP contribution >= 0.6 is 0 Å². The van der Waals surface area contributed by atoms with Gasteiger partial charge in [-0.05, 0) is 44.9 Å². The summed E-state index contributed by atoms with van der Waals surface area (Å²) in [6.07, 6.45) is 1.22. The van der Waals surface area contributed by atoms with Crippen molar-refractivity contribution >= 4 is 17.5 Å². The summed E-state index contributed by atoms with van der Waals surface area (Å²) in [4.78, 5) is 23.3. The molecule has 2 heterocycles. The molecule has 7 heteroatoms. The van der Waals surface area contributed by atoms with Crippen molar-refractivity contribution in [3.63, 3.8) is 0 Å². The molecule has 0 aliphatic carbocycles. The molecule has 1 N–H and O–H groups in total. The fourth-order valence-corrected chi connectivity index (χ4v) is 3.02. The van der Waals surface area contributed by atoms with E-state index in [4.69, 9.17) is 0 Å². The van der Waals surface area contributed by atoms with Gasteiger partial charge in [0, 0.05) is 36.5 Å². The normalized spacial score (nSPS) is 15.3. The van der Waals surface area contributed by atoms with Crippen LogP contribution in [0.15, 0.2) is 24.3 Å². The van der Waals surface area contributed by atoms with Crippen LogP contribution in [0.5, 0.6) is 0 Å². The highest BCUT2D eigenvalue weighted by Gasteiger charge is 2.27. The van der Waals surface area contributed by atoms with Crippen molar-refractivity contribution in [1.82, 2.24) is 9.97 Å². The Balaban J connectivity index is 1.61. The second-order valence-electron chi connectivity index (χ2n) is 6.33. The van der Waals surface area contributed by atoms with E-state index in [1.165, 1.54) is 0 Å². The zero-order valence-corrected chi connectivity index (χ0v) is 14.2. The van der Waals surface area contributed by atoms with Crippen molar-refractivity contribution in [3.8, 4) is 0 Å². The summed E-state index contributed by atoms with van der Waals surface area (Å²) in [6.45, 7) is 5.14. The van der Waals surface area contributed by atoms with Crippen LogP contribution in [0.3, 0.4) is 0 Å². The summed E-state index contributed by atoms with van der Waals surface area (Å²) < 4.78 is 26.9. The van der Waals surface area contributed by atoms with Crippen LogP contribution in [0.2, 0.25) is 0 Å². The van der Waals surface area contributed by atoms with Crippen molar-refractivity contribution in [2.75, 3.05) is 23.3 Å². The highest BCUT2D eigenvalue weighted by molar-refractivity contribution is 5.92. The molecule has 1 aliphatic heterocycles. The molecule has 1 fully saturated rings. The second kappa shape index (κ2) is 7.13. The SMILES string of the molecule is Cc1cc(C)nc(N2CCC(C(=O)Nc3cc(F)ccc3F)CC2)n1. The van der Waals surface area contributed by atoms with Gasteiger partial charge in [0.05, 0.1) is 5.69 Å². The minimum atomic E-state index is -0.643. The number of aromatic nitrogens is 2. The van der Waals surface area contributed by atoms with E-state index in [0.717, 1.165) is 29.6 Å². The van der Waals surface area contributed by atoms with Crippen molar-refractivity contribution in [2.24, 2.45) is 5.92 Å². The molecule has 5 nitrogen and oxygen atoms in total. The monoisotopic (exact) mass is 346 g/mol. The summed E-state index contributed by atoms with van der Waals surface area (Å²) in [5.74, 6) is -1.09. The zero-order valence-electron chi connectivity index (χ0n) is 14.2. The van der Waals surface area contributed by atoms with Gasteiger partial charge in [-0.3, -0.25) is 4.79 Å². The molecule has 1 amide bonds. The third-order valence-electron chi connectivity index (χ3n) is 4.31. The minimum absolute atomic E-state index is 0.120. The van der Waals surface area contributed by atoms with E-state index in [0.29, 0.717) is 31.9 Å². The van der Waals surface area contributed by atoms with Crippen LogP contribution in [0.4, 0.5) is 20.4 Å². The van der Waals surface area contributed by atoms with Crippen LogP contribution in [-0.4, -0.2) is 29.0 Å². The topological polar surface area (TPSA) is 58.1 Å². The molecule has 2 aromatic rings. The first-order valence-electron chi connectivity index (χ1n) is 8.25. The van der Waals surface area contributed by atoms with E-state index >= 15 is 0 Å². The maximum absolute atomic E-state index is 13.7. The lowest BCUT2D eigenvalue weighted by Crippen LogP contribution is -2.39. The summed E-state index contributed by atoms with van der Waals surface area (Å²) >= 11 is 0. The molecule has 0 radical (unpaired) electrons. The third kappa shape index (κ3) is 4.10. The van der Waals surface area contributed by atoms with Gasteiger partial charge in [0.25, 0.3) is 0 Å². The zero-order chi connectivity index (χ0) is 18.0. The first-order chi connectivity index (χ1) is 11.9.